The summed E-state index contributed by atoms with van der Waals surface area (Å²) in [4.78, 5) is 0. The Morgan fingerprint density at radius 1 is 1.10 bits per heavy atom. The fraction of sp³-hybridized carbons (Fsp3) is 0.625. The third kappa shape index (κ3) is 6.38. The van der Waals surface area contributed by atoms with Crippen LogP contribution in [0.4, 0.5) is 13.2 Å². The number of hydrogen-bond acceptors (Lipinski definition) is 2. The topological polar surface area (TPSA) is 21.3 Å². The summed E-state index contributed by atoms with van der Waals surface area (Å²) in [5, 5.41) is 3.33. The molecule has 0 unspecified atom stereocenters. The lowest BCUT2D eigenvalue weighted by Gasteiger charge is -2.10. The summed E-state index contributed by atoms with van der Waals surface area (Å²) >= 11 is 0. The Kier molecular flexibility index (Phi) is 5.91. The Morgan fingerprint density at radius 2 is 1.76 bits per heavy atom. The van der Waals surface area contributed by atoms with Crippen LogP contribution in [0.25, 0.3) is 0 Å². The van der Waals surface area contributed by atoms with Crippen LogP contribution in [0.1, 0.15) is 44.1 Å². The second-order valence-electron chi connectivity index (χ2n) is 5.66. The minimum absolute atomic E-state index is 0.174. The maximum Gasteiger partial charge on any atom is 0.573 e. The molecule has 1 fully saturated rings. The highest BCUT2D eigenvalue weighted by Gasteiger charge is 2.30. The monoisotopic (exact) mass is 301 g/mol. The zero-order chi connectivity index (χ0) is 15.1. The zero-order valence-corrected chi connectivity index (χ0v) is 12.1. The molecule has 21 heavy (non-hydrogen) atoms. The fourth-order valence-electron chi connectivity index (χ4n) is 2.86. The van der Waals surface area contributed by atoms with Gasteiger partial charge in [-0.15, -0.1) is 13.2 Å². The molecule has 1 aliphatic rings. The first-order valence-electron chi connectivity index (χ1n) is 7.58. The van der Waals surface area contributed by atoms with E-state index in [2.05, 4.69) is 10.1 Å². The molecule has 0 aliphatic heterocycles. The van der Waals surface area contributed by atoms with Crippen LogP contribution in [-0.2, 0) is 6.54 Å². The summed E-state index contributed by atoms with van der Waals surface area (Å²) < 4.78 is 39.9. The van der Waals surface area contributed by atoms with Gasteiger partial charge in [-0.2, -0.15) is 0 Å². The SMILES string of the molecule is FC(F)(F)Oc1ccc(CNCCCC2CCCC2)cc1. The van der Waals surface area contributed by atoms with Crippen molar-refractivity contribution in [2.75, 3.05) is 6.54 Å². The summed E-state index contributed by atoms with van der Waals surface area (Å²) in [5.74, 6) is 0.734. The van der Waals surface area contributed by atoms with E-state index in [-0.39, 0.29) is 5.75 Å². The van der Waals surface area contributed by atoms with Gasteiger partial charge in [0.15, 0.2) is 0 Å². The van der Waals surface area contributed by atoms with Crippen LogP contribution in [-0.4, -0.2) is 12.9 Å². The van der Waals surface area contributed by atoms with E-state index in [9.17, 15) is 13.2 Å². The number of hydrogen-bond donors (Lipinski definition) is 1. The Balaban J connectivity index is 1.62. The molecule has 1 aliphatic carbocycles. The number of alkyl halides is 3. The fourth-order valence-corrected chi connectivity index (χ4v) is 2.86. The molecule has 0 amide bonds. The number of nitrogens with one attached hydrogen (secondary N) is 1. The van der Waals surface area contributed by atoms with Crippen LogP contribution in [0, 0.1) is 5.92 Å². The molecule has 0 spiro atoms. The summed E-state index contributed by atoms with van der Waals surface area (Å²) in [5.41, 5.74) is 0.963. The van der Waals surface area contributed by atoms with Crippen molar-refractivity contribution in [1.82, 2.24) is 5.32 Å². The Morgan fingerprint density at radius 3 is 2.38 bits per heavy atom. The Labute approximate surface area is 123 Å². The molecule has 2 rings (SSSR count). The van der Waals surface area contributed by atoms with Gasteiger partial charge in [0.2, 0.25) is 0 Å². The summed E-state index contributed by atoms with van der Waals surface area (Å²) in [6, 6.07) is 6.02. The molecule has 5 heteroatoms. The molecule has 1 saturated carbocycles. The lowest BCUT2D eigenvalue weighted by molar-refractivity contribution is -0.274. The van der Waals surface area contributed by atoms with Crippen molar-refractivity contribution in [2.45, 2.75) is 51.4 Å². The first-order valence-corrected chi connectivity index (χ1v) is 7.58. The van der Waals surface area contributed by atoms with E-state index in [0.29, 0.717) is 6.54 Å². The molecule has 0 atom stereocenters. The highest BCUT2D eigenvalue weighted by molar-refractivity contribution is 5.27. The first kappa shape index (κ1) is 16.1. The smallest absolute Gasteiger partial charge is 0.406 e. The van der Waals surface area contributed by atoms with Crippen LogP contribution >= 0.6 is 0 Å². The van der Waals surface area contributed by atoms with Gasteiger partial charge in [0, 0.05) is 6.54 Å². The van der Waals surface area contributed by atoms with Crippen molar-refractivity contribution < 1.29 is 17.9 Å². The molecule has 0 saturated heterocycles. The highest BCUT2D eigenvalue weighted by atomic mass is 19.4. The van der Waals surface area contributed by atoms with Crippen molar-refractivity contribution in [2.24, 2.45) is 5.92 Å². The molecule has 0 radical (unpaired) electrons. The lowest BCUT2D eigenvalue weighted by Crippen LogP contribution is -2.17. The van der Waals surface area contributed by atoms with Crippen molar-refractivity contribution in [3.05, 3.63) is 29.8 Å². The molecule has 1 aromatic rings. The van der Waals surface area contributed by atoms with Gasteiger partial charge >= 0.3 is 6.36 Å². The van der Waals surface area contributed by atoms with E-state index in [1.807, 2.05) is 0 Å². The van der Waals surface area contributed by atoms with Gasteiger partial charge in [-0.25, -0.2) is 0 Å². The number of halogens is 3. The predicted molar refractivity (Wildman–Crippen MR) is 76.0 cm³/mol. The Hall–Kier alpha value is -1.23. The van der Waals surface area contributed by atoms with Crippen LogP contribution in [0.5, 0.6) is 5.75 Å². The van der Waals surface area contributed by atoms with Crippen molar-refractivity contribution in [3.8, 4) is 5.75 Å². The molecule has 118 valence electrons. The van der Waals surface area contributed by atoms with Crippen LogP contribution in [0.15, 0.2) is 24.3 Å². The van der Waals surface area contributed by atoms with Crippen LogP contribution < -0.4 is 10.1 Å². The molecule has 2 nitrogen and oxygen atoms in total. The normalized spacial score (nSPS) is 16.3. The molecular weight excluding hydrogens is 279 g/mol. The second-order valence-corrected chi connectivity index (χ2v) is 5.66. The van der Waals surface area contributed by atoms with Gasteiger partial charge in [-0.1, -0.05) is 37.8 Å². The number of benzene rings is 1. The molecule has 1 N–H and O–H groups in total. The van der Waals surface area contributed by atoms with E-state index in [4.69, 9.17) is 0 Å². The van der Waals surface area contributed by atoms with Crippen molar-refractivity contribution in [1.29, 1.82) is 0 Å². The average Bonchev–Trinajstić information content (AvgIpc) is 2.92. The zero-order valence-electron chi connectivity index (χ0n) is 12.1. The maximum atomic E-state index is 12.0. The van der Waals surface area contributed by atoms with Gasteiger partial charge in [0.25, 0.3) is 0 Å². The van der Waals surface area contributed by atoms with E-state index in [0.717, 1.165) is 18.0 Å². The van der Waals surface area contributed by atoms with Gasteiger partial charge < -0.3 is 10.1 Å². The third-order valence-electron chi connectivity index (χ3n) is 3.93. The predicted octanol–water partition coefficient (Wildman–Crippen LogP) is 4.65. The van der Waals surface area contributed by atoms with E-state index >= 15 is 0 Å². The molecule has 0 aromatic heterocycles. The molecule has 0 heterocycles. The standard InChI is InChI=1S/C16H22F3NO/c17-16(18,19)21-15-9-7-14(8-10-15)12-20-11-3-6-13-4-1-2-5-13/h7-10,13,20H,1-6,11-12H2. The number of rotatable bonds is 7. The van der Waals surface area contributed by atoms with Gasteiger partial charge in [-0.05, 0) is 43.0 Å². The van der Waals surface area contributed by atoms with Crippen molar-refractivity contribution in [3.63, 3.8) is 0 Å². The summed E-state index contributed by atoms with van der Waals surface area (Å²) in [6.45, 7) is 1.63. The van der Waals surface area contributed by atoms with Crippen molar-refractivity contribution >= 4 is 0 Å². The lowest BCUT2D eigenvalue weighted by atomic mass is 10.0. The van der Waals surface area contributed by atoms with E-state index < -0.39 is 6.36 Å². The molecular formula is C16H22F3NO. The summed E-state index contributed by atoms with van der Waals surface area (Å²) in [6.07, 6.45) is 3.33. The van der Waals surface area contributed by atoms with Gasteiger partial charge in [0.05, 0.1) is 0 Å². The first-order chi connectivity index (χ1) is 10.0. The molecule has 1 aromatic carbocycles. The summed E-state index contributed by atoms with van der Waals surface area (Å²) in [7, 11) is 0. The second kappa shape index (κ2) is 7.69. The van der Waals surface area contributed by atoms with E-state index in [1.54, 1.807) is 12.1 Å². The van der Waals surface area contributed by atoms with E-state index in [1.165, 1.54) is 50.7 Å². The minimum atomic E-state index is -4.62. The van der Waals surface area contributed by atoms with Gasteiger partial charge in [-0.3, -0.25) is 0 Å². The average molecular weight is 301 g/mol. The third-order valence-corrected chi connectivity index (χ3v) is 3.93. The maximum absolute atomic E-state index is 12.0. The Bertz CT molecular complexity index is 411. The minimum Gasteiger partial charge on any atom is -0.406 e. The largest absolute Gasteiger partial charge is 0.573 e. The van der Waals surface area contributed by atoms with Crippen LogP contribution in [0.2, 0.25) is 0 Å². The quantitative estimate of drug-likeness (QED) is 0.740. The van der Waals surface area contributed by atoms with Crippen LogP contribution in [0.3, 0.4) is 0 Å². The van der Waals surface area contributed by atoms with Gasteiger partial charge in [0.1, 0.15) is 5.75 Å². The molecule has 0 bridgehead atoms. The number of ether oxygens (including phenoxy) is 1. The highest BCUT2D eigenvalue weighted by Crippen LogP contribution is 2.28.